The second-order valence-corrected chi connectivity index (χ2v) is 11.3. The standard InChI is InChI=1S/C29H37N3O5/c1-4-30-27(35)36-23-11-10-20-8-5-6-9-22(20)24(23)25(33)31-16-12-21(13-17-31)32-15-7-14-29(19-32)18-28(2,3)37-26(29)34/h5-6,8-11,21H,4,7,12-19H2,1-3H3,(H,30,35). The van der Waals surface area contributed by atoms with Crippen molar-refractivity contribution in [1.29, 1.82) is 0 Å². The molecule has 2 aromatic rings. The summed E-state index contributed by atoms with van der Waals surface area (Å²) in [6.45, 7) is 9.21. The number of likely N-dealkylation sites (tertiary alicyclic amines) is 2. The molecule has 8 heteroatoms. The number of nitrogens with one attached hydrogen (secondary N) is 1. The highest BCUT2D eigenvalue weighted by Crippen LogP contribution is 2.46. The average molecular weight is 508 g/mol. The molecule has 3 saturated heterocycles. The predicted molar refractivity (Wildman–Crippen MR) is 141 cm³/mol. The largest absolute Gasteiger partial charge is 0.459 e. The van der Waals surface area contributed by atoms with Gasteiger partial charge in [0, 0.05) is 38.6 Å². The highest BCUT2D eigenvalue weighted by molar-refractivity contribution is 6.10. The van der Waals surface area contributed by atoms with E-state index in [4.69, 9.17) is 9.47 Å². The molecule has 8 nitrogen and oxygen atoms in total. The third kappa shape index (κ3) is 5.04. The van der Waals surface area contributed by atoms with Gasteiger partial charge in [0.05, 0.1) is 11.0 Å². The number of benzene rings is 2. The van der Waals surface area contributed by atoms with Gasteiger partial charge in [-0.3, -0.25) is 14.5 Å². The molecule has 37 heavy (non-hydrogen) atoms. The van der Waals surface area contributed by atoms with Crippen molar-refractivity contribution in [1.82, 2.24) is 15.1 Å². The zero-order valence-electron chi connectivity index (χ0n) is 22.0. The first-order valence-electron chi connectivity index (χ1n) is 13.5. The minimum Gasteiger partial charge on any atom is -0.459 e. The Morgan fingerprint density at radius 2 is 1.86 bits per heavy atom. The zero-order chi connectivity index (χ0) is 26.2. The maximum atomic E-state index is 13.8. The Kier molecular flexibility index (Phi) is 6.88. The van der Waals surface area contributed by atoms with Crippen LogP contribution >= 0.6 is 0 Å². The fourth-order valence-corrected chi connectivity index (χ4v) is 6.50. The molecule has 1 spiro atoms. The monoisotopic (exact) mass is 507 g/mol. The van der Waals surface area contributed by atoms with Gasteiger partial charge in [-0.2, -0.15) is 0 Å². The lowest BCUT2D eigenvalue weighted by molar-refractivity contribution is -0.154. The van der Waals surface area contributed by atoms with Crippen LogP contribution in [-0.2, 0) is 9.53 Å². The smallest absolute Gasteiger partial charge is 0.412 e. The predicted octanol–water partition coefficient (Wildman–Crippen LogP) is 4.36. The number of amides is 2. The van der Waals surface area contributed by atoms with E-state index in [-0.39, 0.29) is 17.6 Å². The Balaban J connectivity index is 1.31. The van der Waals surface area contributed by atoms with Gasteiger partial charge in [0.15, 0.2) is 0 Å². The van der Waals surface area contributed by atoms with E-state index in [1.807, 2.05) is 56.0 Å². The lowest BCUT2D eigenvalue weighted by Gasteiger charge is -2.45. The van der Waals surface area contributed by atoms with Crippen molar-refractivity contribution in [2.75, 3.05) is 32.7 Å². The van der Waals surface area contributed by atoms with E-state index in [2.05, 4.69) is 10.2 Å². The average Bonchev–Trinajstić information content (AvgIpc) is 3.10. The number of ether oxygens (including phenoxy) is 2. The molecule has 1 unspecified atom stereocenters. The lowest BCUT2D eigenvalue weighted by atomic mass is 9.74. The molecule has 1 N–H and O–H groups in total. The van der Waals surface area contributed by atoms with Gasteiger partial charge in [0.2, 0.25) is 0 Å². The molecule has 1 atom stereocenters. The van der Waals surface area contributed by atoms with Gasteiger partial charge in [-0.1, -0.05) is 30.3 Å². The summed E-state index contributed by atoms with van der Waals surface area (Å²) in [7, 11) is 0. The van der Waals surface area contributed by atoms with E-state index in [0.717, 1.165) is 56.0 Å². The van der Waals surface area contributed by atoms with E-state index in [1.54, 1.807) is 6.07 Å². The van der Waals surface area contributed by atoms with Crippen molar-refractivity contribution in [3.05, 3.63) is 42.0 Å². The third-order valence-corrected chi connectivity index (χ3v) is 8.07. The van der Waals surface area contributed by atoms with Crippen LogP contribution in [0.3, 0.4) is 0 Å². The van der Waals surface area contributed by atoms with Gasteiger partial charge in [-0.25, -0.2) is 4.79 Å². The summed E-state index contributed by atoms with van der Waals surface area (Å²) in [6, 6.07) is 11.6. The Hall–Kier alpha value is -3.13. The molecule has 3 aliphatic heterocycles. The molecule has 0 saturated carbocycles. The summed E-state index contributed by atoms with van der Waals surface area (Å²) in [5, 5.41) is 4.33. The van der Waals surface area contributed by atoms with Crippen molar-refractivity contribution < 1.29 is 23.9 Å². The van der Waals surface area contributed by atoms with E-state index in [9.17, 15) is 14.4 Å². The second kappa shape index (κ2) is 9.97. The van der Waals surface area contributed by atoms with Crippen LogP contribution in [0.1, 0.15) is 63.2 Å². The minimum absolute atomic E-state index is 0.0505. The topological polar surface area (TPSA) is 88.2 Å². The molecule has 0 radical (unpaired) electrons. The molecule has 198 valence electrons. The molecule has 2 aromatic carbocycles. The number of hydrogen-bond acceptors (Lipinski definition) is 6. The summed E-state index contributed by atoms with van der Waals surface area (Å²) in [5.41, 5.74) is -0.374. The fraction of sp³-hybridized carbons (Fsp3) is 0.552. The number of hydrogen-bond donors (Lipinski definition) is 1. The van der Waals surface area contributed by atoms with Crippen molar-refractivity contribution >= 4 is 28.7 Å². The first-order valence-corrected chi connectivity index (χ1v) is 13.5. The number of carbonyl (C=O) groups is 3. The van der Waals surface area contributed by atoms with E-state index in [0.29, 0.717) is 31.2 Å². The maximum absolute atomic E-state index is 13.8. The van der Waals surface area contributed by atoms with Crippen molar-refractivity contribution in [3.8, 4) is 5.75 Å². The summed E-state index contributed by atoms with van der Waals surface area (Å²) in [6.07, 6.45) is 3.76. The Morgan fingerprint density at radius 1 is 1.11 bits per heavy atom. The SMILES string of the molecule is CCNC(=O)Oc1ccc2ccccc2c1C(=O)N1CCC(N2CCCC3(C2)CC(C)(C)OC3=O)CC1. The van der Waals surface area contributed by atoms with Crippen LogP contribution in [0, 0.1) is 5.41 Å². The van der Waals surface area contributed by atoms with Crippen LogP contribution in [-0.4, -0.2) is 72.1 Å². The first-order chi connectivity index (χ1) is 17.7. The number of carbonyl (C=O) groups excluding carboxylic acids is 3. The molecule has 0 bridgehead atoms. The van der Waals surface area contributed by atoms with Crippen LogP contribution < -0.4 is 10.1 Å². The van der Waals surface area contributed by atoms with Gasteiger partial charge in [0.25, 0.3) is 5.91 Å². The fourth-order valence-electron chi connectivity index (χ4n) is 6.50. The van der Waals surface area contributed by atoms with Crippen molar-refractivity contribution in [2.24, 2.45) is 5.41 Å². The Labute approximate surface area is 218 Å². The Bertz CT molecular complexity index is 1200. The Morgan fingerprint density at radius 3 is 2.57 bits per heavy atom. The molecule has 3 fully saturated rings. The van der Waals surface area contributed by atoms with Crippen LogP contribution in [0.5, 0.6) is 5.75 Å². The molecule has 3 aliphatic rings. The molecule has 3 heterocycles. The molecular weight excluding hydrogens is 470 g/mol. The molecular formula is C29H37N3O5. The van der Waals surface area contributed by atoms with Crippen molar-refractivity contribution in [3.63, 3.8) is 0 Å². The summed E-state index contributed by atoms with van der Waals surface area (Å²) in [5.74, 6) is 0.105. The van der Waals surface area contributed by atoms with Crippen LogP contribution in [0.25, 0.3) is 10.8 Å². The maximum Gasteiger partial charge on any atom is 0.412 e. The minimum atomic E-state index is -0.571. The van der Waals surface area contributed by atoms with Crippen LogP contribution in [0.4, 0.5) is 4.79 Å². The van der Waals surface area contributed by atoms with E-state index < -0.39 is 17.1 Å². The van der Waals surface area contributed by atoms with Gasteiger partial charge < -0.3 is 19.7 Å². The number of rotatable bonds is 4. The number of piperidine rings is 2. The van der Waals surface area contributed by atoms with E-state index >= 15 is 0 Å². The van der Waals surface area contributed by atoms with Crippen LogP contribution in [0.15, 0.2) is 36.4 Å². The van der Waals surface area contributed by atoms with Gasteiger partial charge >= 0.3 is 12.1 Å². The normalized spacial score (nSPS) is 24.3. The quantitative estimate of drug-likeness (QED) is 0.619. The molecule has 0 aromatic heterocycles. The molecule has 0 aliphatic carbocycles. The summed E-state index contributed by atoms with van der Waals surface area (Å²) < 4.78 is 11.3. The molecule has 2 amide bonds. The second-order valence-electron chi connectivity index (χ2n) is 11.3. The number of fused-ring (bicyclic) bond motifs is 1. The van der Waals surface area contributed by atoms with Gasteiger partial charge in [-0.15, -0.1) is 0 Å². The van der Waals surface area contributed by atoms with Crippen LogP contribution in [0.2, 0.25) is 0 Å². The lowest BCUT2D eigenvalue weighted by Crippen LogP contribution is -2.53. The number of esters is 1. The van der Waals surface area contributed by atoms with E-state index in [1.165, 1.54) is 0 Å². The summed E-state index contributed by atoms with van der Waals surface area (Å²) >= 11 is 0. The summed E-state index contributed by atoms with van der Waals surface area (Å²) in [4.78, 5) is 43.1. The number of nitrogens with zero attached hydrogens (tertiary/aromatic N) is 2. The van der Waals surface area contributed by atoms with Crippen molar-refractivity contribution in [2.45, 2.75) is 64.5 Å². The zero-order valence-corrected chi connectivity index (χ0v) is 22.0. The third-order valence-electron chi connectivity index (χ3n) is 8.07. The number of cyclic esters (lactones) is 1. The highest BCUT2D eigenvalue weighted by atomic mass is 16.6. The molecule has 5 rings (SSSR count). The van der Waals surface area contributed by atoms with Gasteiger partial charge in [-0.05, 0) is 69.8 Å². The first kappa shape index (κ1) is 25.5. The van der Waals surface area contributed by atoms with Gasteiger partial charge in [0.1, 0.15) is 11.4 Å². The highest BCUT2D eigenvalue weighted by Gasteiger charge is 2.54.